The highest BCUT2D eigenvalue weighted by molar-refractivity contribution is 6.01. The van der Waals surface area contributed by atoms with E-state index in [2.05, 4.69) is 5.32 Å². The molecule has 0 spiro atoms. The number of carboxylic acid groups (broad SMARTS) is 2. The third-order valence-corrected chi connectivity index (χ3v) is 5.99. The SMILES string of the molecule is CC(=O)N[C@H]1[C@H](OCCCCC(=O)ON2C(=O)CCC2=O)O[C@@H](COC(C)=O)[C@H](CC(=O)O)[C@H]1CC(=O)O. The highest BCUT2D eigenvalue weighted by atomic mass is 16.7. The third kappa shape index (κ3) is 9.37. The molecule has 2 saturated heterocycles. The van der Waals surface area contributed by atoms with Crippen LogP contribution in [0.3, 0.4) is 0 Å². The van der Waals surface area contributed by atoms with Crippen molar-refractivity contribution in [2.24, 2.45) is 11.8 Å². The van der Waals surface area contributed by atoms with Crippen molar-refractivity contribution in [2.45, 2.75) is 77.2 Å². The molecule has 2 fully saturated rings. The van der Waals surface area contributed by atoms with Gasteiger partial charge in [0.05, 0.1) is 25.0 Å². The van der Waals surface area contributed by atoms with Gasteiger partial charge in [-0.15, -0.1) is 5.06 Å². The highest BCUT2D eigenvalue weighted by Gasteiger charge is 2.48. The largest absolute Gasteiger partial charge is 0.481 e. The average Bonchev–Trinajstić information content (AvgIpc) is 3.12. The van der Waals surface area contributed by atoms with Crippen molar-refractivity contribution in [3.05, 3.63) is 0 Å². The van der Waals surface area contributed by atoms with Crippen molar-refractivity contribution in [2.75, 3.05) is 13.2 Å². The molecule has 0 unspecified atom stereocenters. The fourth-order valence-corrected chi connectivity index (χ4v) is 4.36. The van der Waals surface area contributed by atoms with E-state index >= 15 is 0 Å². The maximum absolute atomic E-state index is 11.9. The van der Waals surface area contributed by atoms with Gasteiger partial charge in [-0.05, 0) is 12.8 Å². The second-order valence-electron chi connectivity index (χ2n) is 8.97. The van der Waals surface area contributed by atoms with Crippen LogP contribution in [-0.2, 0) is 52.6 Å². The number of nitrogens with zero attached hydrogens (tertiary/aromatic N) is 1. The van der Waals surface area contributed by atoms with Crippen LogP contribution in [-0.4, -0.2) is 88.5 Å². The van der Waals surface area contributed by atoms with Gasteiger partial charge in [0.25, 0.3) is 11.8 Å². The molecule has 2 aliphatic rings. The Hall–Kier alpha value is -3.59. The molecule has 5 atom stereocenters. The summed E-state index contributed by atoms with van der Waals surface area (Å²) in [5, 5.41) is 21.9. The van der Waals surface area contributed by atoms with E-state index in [1.165, 1.54) is 6.92 Å². The fourth-order valence-electron chi connectivity index (χ4n) is 4.36. The maximum Gasteiger partial charge on any atom is 0.333 e. The van der Waals surface area contributed by atoms with Crippen LogP contribution >= 0.6 is 0 Å². The zero-order valence-electron chi connectivity index (χ0n) is 21.1. The predicted molar refractivity (Wildman–Crippen MR) is 121 cm³/mol. The van der Waals surface area contributed by atoms with Gasteiger partial charge in [0.2, 0.25) is 5.91 Å². The molecule has 3 N–H and O–H groups in total. The summed E-state index contributed by atoms with van der Waals surface area (Å²) in [7, 11) is 0. The quantitative estimate of drug-likeness (QED) is 0.146. The molecule has 2 heterocycles. The van der Waals surface area contributed by atoms with Crippen LogP contribution in [0.15, 0.2) is 0 Å². The zero-order valence-corrected chi connectivity index (χ0v) is 21.1. The van der Waals surface area contributed by atoms with Crippen LogP contribution < -0.4 is 5.32 Å². The van der Waals surface area contributed by atoms with Crippen LogP contribution in [0.2, 0.25) is 0 Å². The van der Waals surface area contributed by atoms with Crippen molar-refractivity contribution in [1.82, 2.24) is 10.4 Å². The molecule has 0 radical (unpaired) electrons. The molecule has 2 rings (SSSR count). The van der Waals surface area contributed by atoms with Gasteiger partial charge < -0.3 is 34.6 Å². The molecular weight excluding hydrogens is 512 g/mol. The predicted octanol–water partition coefficient (Wildman–Crippen LogP) is -0.245. The highest BCUT2D eigenvalue weighted by Crippen LogP contribution is 2.37. The van der Waals surface area contributed by atoms with E-state index < -0.39 is 84.7 Å². The molecule has 0 aliphatic carbocycles. The molecule has 0 aromatic carbocycles. The number of hydrogen-bond donors (Lipinski definition) is 3. The molecular formula is C23H32N2O13. The molecule has 15 heteroatoms. The van der Waals surface area contributed by atoms with Gasteiger partial charge in [0.15, 0.2) is 6.29 Å². The number of hydroxylamine groups is 2. The lowest BCUT2D eigenvalue weighted by molar-refractivity contribution is -0.250. The minimum absolute atomic E-state index is 0.0146. The van der Waals surface area contributed by atoms with Gasteiger partial charge in [-0.2, -0.15) is 0 Å². The summed E-state index contributed by atoms with van der Waals surface area (Å²) in [6, 6.07) is -1.03. The number of carboxylic acids is 2. The van der Waals surface area contributed by atoms with Crippen LogP contribution in [0.1, 0.15) is 58.8 Å². The summed E-state index contributed by atoms with van der Waals surface area (Å²) in [5.74, 6) is -7.46. The van der Waals surface area contributed by atoms with Gasteiger partial charge in [-0.25, -0.2) is 4.79 Å². The lowest BCUT2D eigenvalue weighted by Gasteiger charge is -2.46. The normalized spacial score (nSPS) is 25.1. The Morgan fingerprint density at radius 3 is 2.13 bits per heavy atom. The van der Waals surface area contributed by atoms with Crippen molar-refractivity contribution in [3.8, 4) is 0 Å². The Labute approximate surface area is 217 Å². The summed E-state index contributed by atoms with van der Waals surface area (Å²) in [6.45, 7) is 1.99. The van der Waals surface area contributed by atoms with Crippen LogP contribution in [0, 0.1) is 11.8 Å². The smallest absolute Gasteiger partial charge is 0.333 e. The first-order valence-corrected chi connectivity index (χ1v) is 12.1. The standard InChI is InChI=1S/C23H32N2O13/c1-12(26)24-22-15(10-20(32)33)14(9-19(30)31)16(11-36-13(2)27)37-23(22)35-8-4-3-5-21(34)38-25-17(28)6-7-18(25)29/h14-16,22-23H,3-11H2,1-2H3,(H,24,26)(H,30,31)(H,32,33)/t14-,15-,16+,22-,23-/m1/s1. The number of esters is 1. The molecule has 15 nitrogen and oxygen atoms in total. The van der Waals surface area contributed by atoms with Crippen molar-refractivity contribution in [1.29, 1.82) is 0 Å². The first kappa shape index (κ1) is 30.6. The second kappa shape index (κ2) is 14.4. The van der Waals surface area contributed by atoms with E-state index in [0.717, 1.165) is 6.92 Å². The number of amides is 3. The van der Waals surface area contributed by atoms with E-state index in [1.807, 2.05) is 0 Å². The molecule has 0 saturated carbocycles. The van der Waals surface area contributed by atoms with E-state index in [9.17, 15) is 43.8 Å². The number of ether oxygens (including phenoxy) is 3. The summed E-state index contributed by atoms with van der Waals surface area (Å²) >= 11 is 0. The van der Waals surface area contributed by atoms with Gasteiger partial charge >= 0.3 is 23.9 Å². The fraction of sp³-hybridized carbons (Fsp3) is 0.696. The van der Waals surface area contributed by atoms with Crippen LogP contribution in [0.4, 0.5) is 0 Å². The average molecular weight is 545 g/mol. The summed E-state index contributed by atoms with van der Waals surface area (Å²) in [5.41, 5.74) is 0. The minimum atomic E-state index is -1.24. The zero-order chi connectivity index (χ0) is 28.4. The lowest BCUT2D eigenvalue weighted by Crippen LogP contribution is -2.60. The Morgan fingerprint density at radius 1 is 0.974 bits per heavy atom. The molecule has 0 aromatic rings. The topological polar surface area (TPSA) is 212 Å². The van der Waals surface area contributed by atoms with Gasteiger partial charge in [-0.1, -0.05) is 0 Å². The van der Waals surface area contributed by atoms with Gasteiger partial charge in [-0.3, -0.25) is 28.8 Å². The molecule has 38 heavy (non-hydrogen) atoms. The number of hydrogen-bond acceptors (Lipinski definition) is 11. The van der Waals surface area contributed by atoms with Crippen molar-refractivity contribution >= 4 is 41.6 Å². The van der Waals surface area contributed by atoms with E-state index in [0.29, 0.717) is 5.06 Å². The molecule has 3 amide bonds. The Morgan fingerprint density at radius 2 is 1.58 bits per heavy atom. The van der Waals surface area contributed by atoms with Gasteiger partial charge in [0, 0.05) is 51.6 Å². The van der Waals surface area contributed by atoms with Crippen molar-refractivity contribution < 1.29 is 62.8 Å². The third-order valence-electron chi connectivity index (χ3n) is 5.99. The van der Waals surface area contributed by atoms with E-state index in [1.54, 1.807) is 0 Å². The number of imide groups is 1. The molecule has 0 aromatic heterocycles. The van der Waals surface area contributed by atoms with Crippen LogP contribution in [0.25, 0.3) is 0 Å². The minimum Gasteiger partial charge on any atom is -0.481 e. The lowest BCUT2D eigenvalue weighted by atomic mass is 9.75. The first-order chi connectivity index (χ1) is 17.9. The van der Waals surface area contributed by atoms with Crippen LogP contribution in [0.5, 0.6) is 0 Å². The van der Waals surface area contributed by atoms with E-state index in [4.69, 9.17) is 19.0 Å². The van der Waals surface area contributed by atoms with Crippen molar-refractivity contribution in [3.63, 3.8) is 0 Å². The monoisotopic (exact) mass is 544 g/mol. The first-order valence-electron chi connectivity index (χ1n) is 12.1. The molecule has 0 bridgehead atoms. The molecule has 2 aliphatic heterocycles. The number of rotatable bonds is 14. The second-order valence-corrected chi connectivity index (χ2v) is 8.97. The summed E-state index contributed by atoms with van der Waals surface area (Å²) in [4.78, 5) is 86.2. The number of carbonyl (C=O) groups excluding carboxylic acids is 5. The number of nitrogens with one attached hydrogen (secondary N) is 1. The maximum atomic E-state index is 11.9. The Bertz CT molecular complexity index is 920. The Kier molecular flexibility index (Phi) is 11.6. The van der Waals surface area contributed by atoms with E-state index in [-0.39, 0.29) is 45.3 Å². The number of aliphatic carboxylic acids is 2. The molecule has 212 valence electrons. The summed E-state index contributed by atoms with van der Waals surface area (Å²) in [6.07, 6.45) is -2.90. The number of unbranched alkanes of at least 4 members (excludes halogenated alkanes) is 1. The Balaban J connectivity index is 2.05. The summed E-state index contributed by atoms with van der Waals surface area (Å²) < 4.78 is 16.6. The number of carbonyl (C=O) groups is 7. The van der Waals surface area contributed by atoms with Gasteiger partial charge in [0.1, 0.15) is 6.61 Å².